The average molecular weight is 419 g/mol. The topological polar surface area (TPSA) is 67.4 Å². The number of hydrogen-bond donors (Lipinski definition) is 2. The number of rotatable bonds is 5. The van der Waals surface area contributed by atoms with E-state index in [-0.39, 0.29) is 17.4 Å². The molecule has 6 heteroatoms. The summed E-state index contributed by atoms with van der Waals surface area (Å²) in [5, 5.41) is 5.72. The quantitative estimate of drug-likeness (QED) is 0.743. The lowest BCUT2D eigenvalue weighted by Gasteiger charge is -2.20. The van der Waals surface area contributed by atoms with Gasteiger partial charge in [0.15, 0.2) is 0 Å². The van der Waals surface area contributed by atoms with Crippen molar-refractivity contribution in [2.24, 2.45) is 0 Å². The molecule has 2 amide bonds. The summed E-state index contributed by atoms with van der Waals surface area (Å²) < 4.78 is 6.16. The number of amides is 2. The molecule has 0 aliphatic carbocycles. The molecule has 0 aromatic heterocycles. The van der Waals surface area contributed by atoms with E-state index in [0.717, 1.165) is 0 Å². The van der Waals surface area contributed by atoms with Gasteiger partial charge in [-0.05, 0) is 80.0 Å². The summed E-state index contributed by atoms with van der Waals surface area (Å²) in [6.07, 6.45) is 0. The second kappa shape index (κ2) is 8.36. The molecule has 0 unspecified atom stereocenters. The molecule has 138 valence electrons. The van der Waals surface area contributed by atoms with E-state index in [4.69, 9.17) is 4.74 Å². The van der Waals surface area contributed by atoms with Crippen molar-refractivity contribution in [3.05, 3.63) is 58.1 Å². The number of halogens is 1. The third-order valence-electron chi connectivity index (χ3n) is 3.37. The van der Waals surface area contributed by atoms with Gasteiger partial charge in [-0.2, -0.15) is 0 Å². The summed E-state index contributed by atoms with van der Waals surface area (Å²) in [5.74, 6) is 0.240. The summed E-state index contributed by atoms with van der Waals surface area (Å²) in [4.78, 5) is 24.7. The molecule has 0 radical (unpaired) electrons. The van der Waals surface area contributed by atoms with Gasteiger partial charge in [-0.3, -0.25) is 9.59 Å². The predicted octanol–water partition coefficient (Wildman–Crippen LogP) is 4.63. The highest BCUT2D eigenvalue weighted by Crippen LogP contribution is 2.26. The maximum Gasteiger partial charge on any atom is 0.255 e. The van der Waals surface area contributed by atoms with Gasteiger partial charge < -0.3 is 15.4 Å². The van der Waals surface area contributed by atoms with Crippen molar-refractivity contribution in [1.29, 1.82) is 0 Å². The third-order valence-corrected chi connectivity index (χ3v) is 3.98. The van der Waals surface area contributed by atoms with Crippen LogP contribution in [-0.4, -0.2) is 24.0 Å². The molecule has 0 aliphatic rings. The van der Waals surface area contributed by atoms with Crippen molar-refractivity contribution in [2.75, 3.05) is 11.9 Å². The zero-order chi connectivity index (χ0) is 19.3. The molecule has 5 nitrogen and oxygen atoms in total. The molecule has 2 aromatic rings. The van der Waals surface area contributed by atoms with Crippen molar-refractivity contribution >= 4 is 33.4 Å². The third kappa shape index (κ3) is 5.59. The molecular weight excluding hydrogens is 396 g/mol. The lowest BCUT2D eigenvalue weighted by Crippen LogP contribution is -2.40. The smallest absolute Gasteiger partial charge is 0.255 e. The Morgan fingerprint density at radius 3 is 2.35 bits per heavy atom. The van der Waals surface area contributed by atoms with E-state index in [0.29, 0.717) is 33.6 Å². The summed E-state index contributed by atoms with van der Waals surface area (Å²) >= 11 is 3.40. The molecule has 2 aromatic carbocycles. The number of benzene rings is 2. The summed E-state index contributed by atoms with van der Waals surface area (Å²) in [7, 11) is 0. The van der Waals surface area contributed by atoms with Crippen molar-refractivity contribution in [3.63, 3.8) is 0 Å². The van der Waals surface area contributed by atoms with Crippen molar-refractivity contribution in [3.8, 4) is 5.75 Å². The molecule has 0 saturated heterocycles. The van der Waals surface area contributed by atoms with Crippen molar-refractivity contribution in [2.45, 2.75) is 33.2 Å². The Kier molecular flexibility index (Phi) is 6.42. The molecule has 0 atom stereocenters. The molecule has 2 N–H and O–H groups in total. The average Bonchev–Trinajstić information content (AvgIpc) is 2.55. The number of nitrogens with one attached hydrogen (secondary N) is 2. The molecule has 0 spiro atoms. The lowest BCUT2D eigenvalue weighted by molar-refractivity contribution is 0.0918. The Morgan fingerprint density at radius 2 is 1.73 bits per heavy atom. The van der Waals surface area contributed by atoms with E-state index in [2.05, 4.69) is 26.6 Å². The Balaban J connectivity index is 2.13. The second-order valence-electron chi connectivity index (χ2n) is 6.82. The minimum atomic E-state index is -0.328. The fraction of sp³-hybridized carbons (Fsp3) is 0.300. The molecule has 26 heavy (non-hydrogen) atoms. The maximum absolute atomic E-state index is 12.5. The van der Waals surface area contributed by atoms with Gasteiger partial charge in [0.1, 0.15) is 5.75 Å². The highest BCUT2D eigenvalue weighted by molar-refractivity contribution is 9.10. The Labute approximate surface area is 162 Å². The van der Waals surface area contributed by atoms with Crippen LogP contribution in [-0.2, 0) is 0 Å². The van der Waals surface area contributed by atoms with Gasteiger partial charge in [-0.15, -0.1) is 0 Å². The molecule has 2 rings (SSSR count). The van der Waals surface area contributed by atoms with Gasteiger partial charge in [-0.1, -0.05) is 6.07 Å². The Morgan fingerprint density at radius 1 is 1.04 bits per heavy atom. The van der Waals surface area contributed by atoms with Gasteiger partial charge in [0.25, 0.3) is 11.8 Å². The molecule has 0 saturated carbocycles. The van der Waals surface area contributed by atoms with E-state index in [1.807, 2.05) is 27.7 Å². The van der Waals surface area contributed by atoms with E-state index >= 15 is 0 Å². The first-order chi connectivity index (χ1) is 12.2. The van der Waals surface area contributed by atoms with Crippen molar-refractivity contribution < 1.29 is 14.3 Å². The van der Waals surface area contributed by atoms with Crippen LogP contribution in [0, 0.1) is 0 Å². The largest absolute Gasteiger partial charge is 0.493 e. The first kappa shape index (κ1) is 20.0. The first-order valence-corrected chi connectivity index (χ1v) is 9.15. The Hall–Kier alpha value is -2.34. The minimum absolute atomic E-state index is 0.183. The second-order valence-corrected chi connectivity index (χ2v) is 7.67. The van der Waals surface area contributed by atoms with Crippen LogP contribution in [0.1, 0.15) is 48.4 Å². The first-order valence-electron chi connectivity index (χ1n) is 8.36. The normalized spacial score (nSPS) is 11.0. The number of ether oxygens (including phenoxy) is 1. The highest BCUT2D eigenvalue weighted by Gasteiger charge is 2.16. The van der Waals surface area contributed by atoms with Gasteiger partial charge in [-0.25, -0.2) is 0 Å². The number of hydrogen-bond acceptors (Lipinski definition) is 3. The van der Waals surface area contributed by atoms with Crippen molar-refractivity contribution in [1.82, 2.24) is 5.32 Å². The van der Waals surface area contributed by atoms with Gasteiger partial charge in [0.05, 0.1) is 11.1 Å². The molecular formula is C20H23BrN2O3. The van der Waals surface area contributed by atoms with E-state index in [1.54, 1.807) is 42.5 Å². The number of carbonyl (C=O) groups is 2. The predicted molar refractivity (Wildman–Crippen MR) is 107 cm³/mol. The molecule has 0 bridgehead atoms. The van der Waals surface area contributed by atoms with E-state index < -0.39 is 0 Å². The Bertz CT molecular complexity index is 813. The SMILES string of the molecule is CCOc1ccc(C(=O)Nc2cccc(C(=O)NC(C)(C)C)c2)cc1Br. The summed E-state index contributed by atoms with van der Waals surface area (Å²) in [5.41, 5.74) is 1.21. The van der Waals surface area contributed by atoms with Crippen LogP contribution in [0.15, 0.2) is 46.9 Å². The highest BCUT2D eigenvalue weighted by atomic mass is 79.9. The number of anilines is 1. The van der Waals surface area contributed by atoms with Gasteiger partial charge >= 0.3 is 0 Å². The zero-order valence-corrected chi connectivity index (χ0v) is 16.9. The van der Waals surface area contributed by atoms with Gasteiger partial charge in [0.2, 0.25) is 0 Å². The number of carbonyl (C=O) groups excluding carboxylic acids is 2. The van der Waals surface area contributed by atoms with Crippen LogP contribution in [0.3, 0.4) is 0 Å². The lowest BCUT2D eigenvalue weighted by atomic mass is 10.1. The van der Waals surface area contributed by atoms with Crippen LogP contribution in [0.4, 0.5) is 5.69 Å². The van der Waals surface area contributed by atoms with E-state index in [9.17, 15) is 9.59 Å². The van der Waals surface area contributed by atoms with Crippen LogP contribution >= 0.6 is 15.9 Å². The zero-order valence-electron chi connectivity index (χ0n) is 15.4. The van der Waals surface area contributed by atoms with Crippen LogP contribution in [0.5, 0.6) is 5.75 Å². The molecule has 0 heterocycles. The standard InChI is InChI=1S/C20H23BrN2O3/c1-5-26-17-10-9-14(12-16(17)21)18(24)22-15-8-6-7-13(11-15)19(25)23-20(2,3)4/h6-12H,5H2,1-4H3,(H,22,24)(H,23,25). The van der Waals surface area contributed by atoms with E-state index in [1.165, 1.54) is 0 Å². The minimum Gasteiger partial charge on any atom is -0.493 e. The maximum atomic E-state index is 12.5. The van der Waals surface area contributed by atoms with Crippen LogP contribution in [0.25, 0.3) is 0 Å². The fourth-order valence-corrected chi connectivity index (χ4v) is 2.76. The summed E-state index contributed by atoms with van der Waals surface area (Å²) in [6, 6.07) is 12.0. The molecule has 0 aliphatic heterocycles. The summed E-state index contributed by atoms with van der Waals surface area (Å²) in [6.45, 7) is 8.20. The fourth-order valence-electron chi connectivity index (χ4n) is 2.27. The monoisotopic (exact) mass is 418 g/mol. The molecule has 0 fully saturated rings. The van der Waals surface area contributed by atoms with Gasteiger partial charge in [0, 0.05) is 22.4 Å². The van der Waals surface area contributed by atoms with Crippen LogP contribution < -0.4 is 15.4 Å². The van der Waals surface area contributed by atoms with Crippen LogP contribution in [0.2, 0.25) is 0 Å².